The van der Waals surface area contributed by atoms with Crippen LogP contribution in [0.25, 0.3) is 0 Å². The summed E-state index contributed by atoms with van der Waals surface area (Å²) in [4.78, 5) is 34.8. The number of rotatable bonds is 3. The van der Waals surface area contributed by atoms with Gasteiger partial charge in [-0.15, -0.1) is 0 Å². The SMILES string of the molecule is CC(C)C.CC1(C)C2CN(C(=O)CNC(=O)OC3CCCC34CC4)CC21.CC=O. The van der Waals surface area contributed by atoms with Gasteiger partial charge >= 0.3 is 6.09 Å². The monoisotopic (exact) mass is 408 g/mol. The summed E-state index contributed by atoms with van der Waals surface area (Å²) >= 11 is 0. The largest absolute Gasteiger partial charge is 0.446 e. The molecule has 2 amide bonds. The van der Waals surface area contributed by atoms with Gasteiger partial charge in [-0.25, -0.2) is 4.79 Å². The van der Waals surface area contributed by atoms with Crippen molar-refractivity contribution in [2.45, 2.75) is 79.8 Å². The van der Waals surface area contributed by atoms with Crippen LogP contribution in [-0.2, 0) is 14.3 Å². The molecule has 1 heterocycles. The lowest BCUT2D eigenvalue weighted by molar-refractivity contribution is -0.130. The van der Waals surface area contributed by atoms with Crippen molar-refractivity contribution in [1.29, 1.82) is 0 Å². The molecule has 0 bridgehead atoms. The van der Waals surface area contributed by atoms with Gasteiger partial charge in [0.2, 0.25) is 5.91 Å². The van der Waals surface area contributed by atoms with Crippen molar-refractivity contribution in [3.05, 3.63) is 0 Å². The van der Waals surface area contributed by atoms with E-state index in [4.69, 9.17) is 9.53 Å². The van der Waals surface area contributed by atoms with Gasteiger partial charge in [0.25, 0.3) is 0 Å². The van der Waals surface area contributed by atoms with Crippen LogP contribution < -0.4 is 5.32 Å². The Labute approximate surface area is 176 Å². The van der Waals surface area contributed by atoms with Crippen LogP contribution in [-0.4, -0.2) is 48.9 Å². The highest BCUT2D eigenvalue weighted by Crippen LogP contribution is 2.62. The predicted octanol–water partition coefficient (Wildman–Crippen LogP) is 4.03. The van der Waals surface area contributed by atoms with Crippen LogP contribution in [0.4, 0.5) is 4.79 Å². The topological polar surface area (TPSA) is 75.7 Å². The molecule has 1 aliphatic heterocycles. The Kier molecular flexibility index (Phi) is 7.74. The standard InChI is InChI=1S/C17H26N2O3.C4H10.C2H4O/c1-16(2)11-9-19(10-12(11)16)14(20)8-18-15(21)22-13-4-3-5-17(13)6-7-17;1-4(2)3;1-2-3/h11-13H,3-10H2,1-2H3,(H,18,21);4H,1-3H3;2H,1H3. The van der Waals surface area contributed by atoms with E-state index < -0.39 is 6.09 Å². The smallest absolute Gasteiger partial charge is 0.407 e. The van der Waals surface area contributed by atoms with Crippen molar-refractivity contribution in [1.82, 2.24) is 10.2 Å². The Hall–Kier alpha value is -1.59. The minimum Gasteiger partial charge on any atom is -0.446 e. The second-order valence-electron chi connectivity index (χ2n) is 10.3. The van der Waals surface area contributed by atoms with Crippen LogP contribution in [0.3, 0.4) is 0 Å². The molecule has 3 unspecified atom stereocenters. The zero-order chi connectivity index (χ0) is 21.8. The highest BCUT2D eigenvalue weighted by Gasteiger charge is 2.62. The molecule has 3 aliphatic carbocycles. The first-order chi connectivity index (χ1) is 13.6. The molecule has 6 nitrogen and oxygen atoms in total. The third-order valence-electron chi connectivity index (χ3n) is 6.82. The molecule has 1 saturated heterocycles. The fourth-order valence-corrected chi connectivity index (χ4v) is 4.79. The highest BCUT2D eigenvalue weighted by molar-refractivity contribution is 5.82. The first-order valence-corrected chi connectivity index (χ1v) is 11.2. The molecule has 166 valence electrons. The lowest BCUT2D eigenvalue weighted by Gasteiger charge is -2.23. The lowest BCUT2D eigenvalue weighted by atomic mass is 10.0. The first kappa shape index (κ1) is 23.7. The van der Waals surface area contributed by atoms with Crippen LogP contribution in [0, 0.1) is 28.6 Å². The molecule has 0 aromatic rings. The summed E-state index contributed by atoms with van der Waals surface area (Å²) in [7, 11) is 0. The average Bonchev–Trinajstić information content (AvgIpc) is 3.30. The zero-order valence-corrected chi connectivity index (χ0v) is 19.1. The number of nitrogens with zero attached hydrogens (tertiary/aromatic N) is 1. The number of fused-ring (bicyclic) bond motifs is 1. The number of alkyl carbamates (subject to hydrolysis) is 1. The Morgan fingerprint density at radius 2 is 1.66 bits per heavy atom. The van der Waals surface area contributed by atoms with Gasteiger partial charge in [0.1, 0.15) is 18.9 Å². The number of likely N-dealkylation sites (tertiary alicyclic amines) is 1. The summed E-state index contributed by atoms with van der Waals surface area (Å²) in [6.45, 7) is 14.3. The van der Waals surface area contributed by atoms with Gasteiger partial charge in [-0.2, -0.15) is 0 Å². The van der Waals surface area contributed by atoms with Crippen LogP contribution in [0.15, 0.2) is 0 Å². The molecular formula is C23H40N2O4. The third-order valence-corrected chi connectivity index (χ3v) is 6.82. The molecule has 0 radical (unpaired) electrons. The van der Waals surface area contributed by atoms with Crippen molar-refractivity contribution < 1.29 is 19.1 Å². The second kappa shape index (κ2) is 9.48. The molecule has 4 aliphatic rings. The fraction of sp³-hybridized carbons (Fsp3) is 0.870. The molecular weight excluding hydrogens is 368 g/mol. The maximum atomic E-state index is 12.2. The fourth-order valence-electron chi connectivity index (χ4n) is 4.79. The average molecular weight is 409 g/mol. The Bertz CT molecular complexity index is 581. The Balaban J connectivity index is 0.000000377. The van der Waals surface area contributed by atoms with E-state index in [0.717, 1.165) is 38.1 Å². The number of carbonyl (C=O) groups excluding carboxylic acids is 3. The van der Waals surface area contributed by atoms with Crippen LogP contribution >= 0.6 is 0 Å². The van der Waals surface area contributed by atoms with Gasteiger partial charge in [-0.3, -0.25) is 4.79 Å². The Morgan fingerprint density at radius 1 is 1.14 bits per heavy atom. The minimum absolute atomic E-state index is 0.0208. The molecule has 4 rings (SSSR count). The quantitative estimate of drug-likeness (QED) is 0.716. The summed E-state index contributed by atoms with van der Waals surface area (Å²) < 4.78 is 5.54. The summed E-state index contributed by atoms with van der Waals surface area (Å²) in [5.41, 5.74) is 0.702. The zero-order valence-electron chi connectivity index (χ0n) is 19.1. The number of piperidine rings is 1. The van der Waals surface area contributed by atoms with Gasteiger partial charge < -0.3 is 19.7 Å². The molecule has 29 heavy (non-hydrogen) atoms. The summed E-state index contributed by atoms with van der Waals surface area (Å²) in [5.74, 6) is 2.15. The maximum absolute atomic E-state index is 12.2. The van der Waals surface area contributed by atoms with Gasteiger partial charge in [0.15, 0.2) is 0 Å². The van der Waals surface area contributed by atoms with Crippen molar-refractivity contribution in [3.8, 4) is 0 Å². The number of amides is 2. The van der Waals surface area contributed by atoms with Gasteiger partial charge in [0.05, 0.1) is 0 Å². The van der Waals surface area contributed by atoms with Crippen LogP contribution in [0.2, 0.25) is 0 Å². The lowest BCUT2D eigenvalue weighted by Crippen LogP contribution is -2.42. The van der Waals surface area contributed by atoms with Gasteiger partial charge in [-0.05, 0) is 62.2 Å². The van der Waals surface area contributed by atoms with Crippen LogP contribution in [0.5, 0.6) is 0 Å². The second-order valence-corrected chi connectivity index (χ2v) is 10.3. The molecule has 1 spiro atoms. The van der Waals surface area contributed by atoms with E-state index in [2.05, 4.69) is 39.9 Å². The normalized spacial score (nSPS) is 29.1. The number of nitrogens with one attached hydrogen (secondary N) is 1. The molecule has 1 N–H and O–H groups in total. The number of hydrogen-bond acceptors (Lipinski definition) is 4. The molecule has 0 aromatic carbocycles. The van der Waals surface area contributed by atoms with E-state index >= 15 is 0 Å². The third kappa shape index (κ3) is 5.95. The highest BCUT2D eigenvalue weighted by atomic mass is 16.6. The minimum atomic E-state index is -0.420. The van der Waals surface area contributed by atoms with E-state index in [1.54, 1.807) is 0 Å². The van der Waals surface area contributed by atoms with E-state index in [0.29, 0.717) is 22.7 Å². The molecule has 3 atom stereocenters. The van der Waals surface area contributed by atoms with Crippen molar-refractivity contribution in [3.63, 3.8) is 0 Å². The van der Waals surface area contributed by atoms with E-state index in [1.807, 2.05) is 4.90 Å². The summed E-state index contributed by atoms with van der Waals surface area (Å²) in [5, 5.41) is 2.65. The van der Waals surface area contributed by atoms with E-state index in [-0.39, 0.29) is 18.6 Å². The molecule has 6 heteroatoms. The molecule has 3 saturated carbocycles. The Morgan fingerprint density at radius 3 is 2.14 bits per heavy atom. The number of ether oxygens (including phenoxy) is 1. The number of carbonyl (C=O) groups is 3. The summed E-state index contributed by atoms with van der Waals surface area (Å²) in [6.07, 6.45) is 6.11. The van der Waals surface area contributed by atoms with Crippen molar-refractivity contribution in [2.24, 2.45) is 28.6 Å². The molecule has 4 fully saturated rings. The summed E-state index contributed by atoms with van der Waals surface area (Å²) in [6, 6.07) is 0. The van der Waals surface area contributed by atoms with Gasteiger partial charge in [-0.1, -0.05) is 34.6 Å². The van der Waals surface area contributed by atoms with Crippen molar-refractivity contribution in [2.75, 3.05) is 19.6 Å². The molecule has 0 aromatic heterocycles. The van der Waals surface area contributed by atoms with Crippen LogP contribution in [0.1, 0.15) is 73.6 Å². The van der Waals surface area contributed by atoms with Gasteiger partial charge in [0, 0.05) is 18.5 Å². The maximum Gasteiger partial charge on any atom is 0.407 e. The van der Waals surface area contributed by atoms with Crippen molar-refractivity contribution >= 4 is 18.3 Å². The first-order valence-electron chi connectivity index (χ1n) is 11.2. The predicted molar refractivity (Wildman–Crippen MR) is 113 cm³/mol. The number of aldehydes is 1. The van der Waals surface area contributed by atoms with E-state index in [9.17, 15) is 9.59 Å². The van der Waals surface area contributed by atoms with E-state index in [1.165, 1.54) is 26.2 Å². The number of hydrogen-bond donors (Lipinski definition) is 1.